The largest absolute Gasteiger partial charge is 0.493 e. The second-order valence-electron chi connectivity index (χ2n) is 2.85. The first kappa shape index (κ1) is 12.2. The minimum Gasteiger partial charge on any atom is -0.493 e. The van der Waals surface area contributed by atoms with Gasteiger partial charge in [0.1, 0.15) is 7.11 Å². The Morgan fingerprint density at radius 2 is 1.56 bits per heavy atom. The van der Waals surface area contributed by atoms with Crippen molar-refractivity contribution in [1.82, 2.24) is 0 Å². The average Bonchev–Trinajstić information content (AvgIpc) is 2.35. The Balaban J connectivity index is 3.31. The Hall–Kier alpha value is -1.91. The molecule has 0 atom stereocenters. The van der Waals surface area contributed by atoms with Crippen molar-refractivity contribution in [2.45, 2.75) is 0 Å². The molecule has 0 bridgehead atoms. The molecule has 0 fully saturated rings. The Bertz CT molecular complexity index is 361. The van der Waals surface area contributed by atoms with E-state index in [0.717, 1.165) is 0 Å². The highest BCUT2D eigenvalue weighted by Crippen LogP contribution is 2.38. The Kier molecular flexibility index (Phi) is 3.99. The van der Waals surface area contributed by atoms with Crippen molar-refractivity contribution in [1.29, 1.82) is 0 Å². The number of hydrogen-bond acceptors (Lipinski definition) is 5. The van der Waals surface area contributed by atoms with E-state index in [-0.39, 0.29) is 5.56 Å². The fourth-order valence-electron chi connectivity index (χ4n) is 1.28. The fraction of sp³-hybridized carbons (Fsp3) is 0.273. The summed E-state index contributed by atoms with van der Waals surface area (Å²) in [5.41, 5.74) is 0.282. The summed E-state index contributed by atoms with van der Waals surface area (Å²) < 4.78 is 19.6. The third-order valence-corrected chi connectivity index (χ3v) is 2.03. The zero-order valence-corrected chi connectivity index (χ0v) is 9.40. The minimum absolute atomic E-state index is 0.282. The van der Waals surface area contributed by atoms with Crippen LogP contribution >= 0.6 is 0 Å². The van der Waals surface area contributed by atoms with Crippen molar-refractivity contribution in [3.8, 4) is 17.2 Å². The van der Waals surface area contributed by atoms with Gasteiger partial charge in [0.15, 0.2) is 11.5 Å². The van der Waals surface area contributed by atoms with Gasteiger partial charge in [-0.25, -0.2) is 4.79 Å². The van der Waals surface area contributed by atoms with Gasteiger partial charge in [-0.1, -0.05) is 0 Å². The van der Waals surface area contributed by atoms with Crippen LogP contribution in [0.3, 0.4) is 0 Å². The highest BCUT2D eigenvalue weighted by Gasteiger charge is 2.16. The molecule has 0 aliphatic rings. The first-order valence-corrected chi connectivity index (χ1v) is 4.44. The normalized spacial score (nSPS) is 9.50. The van der Waals surface area contributed by atoms with Gasteiger partial charge in [0.05, 0.1) is 26.9 Å². The molecule has 0 unspecified atom stereocenters. The highest BCUT2D eigenvalue weighted by molar-refractivity contribution is 5.91. The summed E-state index contributed by atoms with van der Waals surface area (Å²) in [6, 6.07) is 2.99. The lowest BCUT2D eigenvalue weighted by atomic mass is 10.2. The van der Waals surface area contributed by atoms with E-state index in [2.05, 4.69) is 11.8 Å². The van der Waals surface area contributed by atoms with E-state index in [4.69, 9.17) is 14.2 Å². The van der Waals surface area contributed by atoms with E-state index in [0.29, 0.717) is 17.2 Å². The van der Waals surface area contributed by atoms with Crippen molar-refractivity contribution in [2.75, 3.05) is 21.3 Å². The molecule has 0 aliphatic carbocycles. The van der Waals surface area contributed by atoms with Gasteiger partial charge < -0.3 is 18.9 Å². The lowest BCUT2D eigenvalue weighted by Gasteiger charge is -2.13. The monoisotopic (exact) mass is 225 g/mol. The summed E-state index contributed by atoms with van der Waals surface area (Å²) in [5.74, 6) is 0.634. The highest BCUT2D eigenvalue weighted by atomic mass is 16.5. The minimum atomic E-state index is -0.570. The number of carbonyl (C=O) groups is 1. The van der Waals surface area contributed by atoms with Gasteiger partial charge in [-0.15, -0.1) is 0 Å². The number of methoxy groups -OCH3 is 3. The number of ether oxygens (including phenoxy) is 4. The molecular formula is C11H13O5. The SMILES string of the molecule is [CH2]OC(=O)c1cc(OC)c(OC)c(OC)c1. The quantitative estimate of drug-likeness (QED) is 0.729. The van der Waals surface area contributed by atoms with Crippen molar-refractivity contribution in [3.05, 3.63) is 24.8 Å². The van der Waals surface area contributed by atoms with Crippen molar-refractivity contribution in [2.24, 2.45) is 0 Å². The number of esters is 1. The molecule has 0 heterocycles. The average molecular weight is 225 g/mol. The number of rotatable bonds is 4. The predicted molar refractivity (Wildman–Crippen MR) is 56.9 cm³/mol. The van der Waals surface area contributed by atoms with E-state index >= 15 is 0 Å². The Morgan fingerprint density at radius 1 is 1.06 bits per heavy atom. The zero-order chi connectivity index (χ0) is 12.1. The Labute approximate surface area is 93.9 Å². The molecular weight excluding hydrogens is 212 g/mol. The lowest BCUT2D eigenvalue weighted by molar-refractivity contribution is 0.0653. The summed E-state index contributed by atoms with van der Waals surface area (Å²) >= 11 is 0. The molecule has 1 radical (unpaired) electrons. The van der Waals surface area contributed by atoms with Gasteiger partial charge >= 0.3 is 5.97 Å². The molecule has 0 amide bonds. The number of hydrogen-bond donors (Lipinski definition) is 0. The van der Waals surface area contributed by atoms with E-state index in [1.807, 2.05) is 0 Å². The summed E-state index contributed by atoms with van der Waals surface area (Å²) in [6.45, 7) is 0. The molecule has 1 rings (SSSR count). The molecule has 0 N–H and O–H groups in total. The molecule has 0 spiro atoms. The second-order valence-corrected chi connectivity index (χ2v) is 2.85. The summed E-state index contributed by atoms with van der Waals surface area (Å²) in [4.78, 5) is 11.3. The maximum Gasteiger partial charge on any atom is 0.338 e. The maximum absolute atomic E-state index is 11.3. The van der Waals surface area contributed by atoms with Crippen LogP contribution in [-0.2, 0) is 4.74 Å². The van der Waals surface area contributed by atoms with Crippen LogP contribution in [0.25, 0.3) is 0 Å². The fourth-order valence-corrected chi connectivity index (χ4v) is 1.28. The molecule has 0 saturated carbocycles. The molecule has 1 aromatic rings. The number of carbonyl (C=O) groups excluding carboxylic acids is 1. The molecule has 16 heavy (non-hydrogen) atoms. The van der Waals surface area contributed by atoms with Gasteiger partial charge in [0.2, 0.25) is 5.75 Å². The van der Waals surface area contributed by atoms with Crippen LogP contribution < -0.4 is 14.2 Å². The van der Waals surface area contributed by atoms with Gasteiger partial charge in [-0.05, 0) is 12.1 Å². The van der Waals surface area contributed by atoms with Crippen LogP contribution in [0.2, 0.25) is 0 Å². The first-order valence-electron chi connectivity index (χ1n) is 4.44. The van der Waals surface area contributed by atoms with Crippen LogP contribution in [0.15, 0.2) is 12.1 Å². The van der Waals surface area contributed by atoms with Crippen LogP contribution in [0.5, 0.6) is 17.2 Å². The van der Waals surface area contributed by atoms with Gasteiger partial charge in [-0.2, -0.15) is 0 Å². The standard InChI is InChI=1S/C11H13O5/c1-13-8-5-7(11(12)16-4)6-9(14-2)10(8)15-3/h5-6H,4H2,1-3H3. The van der Waals surface area contributed by atoms with Gasteiger partial charge in [-0.3, -0.25) is 0 Å². The van der Waals surface area contributed by atoms with Crippen molar-refractivity contribution >= 4 is 5.97 Å². The van der Waals surface area contributed by atoms with Crippen molar-refractivity contribution < 1.29 is 23.7 Å². The van der Waals surface area contributed by atoms with E-state index < -0.39 is 5.97 Å². The molecule has 5 nitrogen and oxygen atoms in total. The van der Waals surface area contributed by atoms with Gasteiger partial charge in [0.25, 0.3) is 0 Å². The number of benzene rings is 1. The Morgan fingerprint density at radius 3 is 1.88 bits per heavy atom. The van der Waals surface area contributed by atoms with Crippen LogP contribution in [0.4, 0.5) is 0 Å². The summed E-state index contributed by atoms with van der Waals surface area (Å²) in [6.07, 6.45) is 0. The molecule has 0 aromatic heterocycles. The zero-order valence-electron chi connectivity index (χ0n) is 9.40. The van der Waals surface area contributed by atoms with Crippen LogP contribution in [-0.4, -0.2) is 27.3 Å². The summed E-state index contributed by atoms with van der Waals surface area (Å²) in [7, 11) is 7.48. The first-order chi connectivity index (χ1) is 7.67. The van der Waals surface area contributed by atoms with Crippen LogP contribution in [0, 0.1) is 7.11 Å². The topological polar surface area (TPSA) is 54.0 Å². The lowest BCUT2D eigenvalue weighted by Crippen LogP contribution is -2.03. The van der Waals surface area contributed by atoms with Gasteiger partial charge in [0, 0.05) is 0 Å². The molecule has 5 heteroatoms. The molecule has 0 saturated heterocycles. The van der Waals surface area contributed by atoms with E-state index in [9.17, 15) is 4.79 Å². The van der Waals surface area contributed by atoms with E-state index in [1.54, 1.807) is 0 Å². The summed E-state index contributed by atoms with van der Waals surface area (Å²) in [5, 5.41) is 0. The predicted octanol–water partition coefficient (Wildman–Crippen LogP) is 1.66. The molecule has 87 valence electrons. The molecule has 1 aromatic carbocycles. The van der Waals surface area contributed by atoms with E-state index in [1.165, 1.54) is 33.5 Å². The van der Waals surface area contributed by atoms with Crippen LogP contribution in [0.1, 0.15) is 10.4 Å². The third kappa shape index (κ3) is 2.18. The van der Waals surface area contributed by atoms with Crippen molar-refractivity contribution in [3.63, 3.8) is 0 Å². The second kappa shape index (κ2) is 5.25. The molecule has 0 aliphatic heterocycles. The smallest absolute Gasteiger partial charge is 0.338 e. The third-order valence-electron chi connectivity index (χ3n) is 2.03. The maximum atomic E-state index is 11.3.